The molecule has 210 valence electrons. The first-order valence-corrected chi connectivity index (χ1v) is 13.6. The Labute approximate surface area is 292 Å². The van der Waals surface area contributed by atoms with Crippen molar-refractivity contribution in [3.8, 4) is 11.3 Å². The SMILES string of the molecule is C[C-]=CC(=O)NC1CN(c2ccnc(CC(=O)Nc3ccc(-c4cc5c(N6CCOCC6)ncnc5[nH]4)cc3)c2)C1.[Rb+]. The smallest absolute Gasteiger partial charge is 0.425 e. The van der Waals surface area contributed by atoms with Crippen LogP contribution >= 0.6 is 0 Å². The number of morpholine rings is 1. The summed E-state index contributed by atoms with van der Waals surface area (Å²) in [4.78, 5) is 45.6. The summed E-state index contributed by atoms with van der Waals surface area (Å²) < 4.78 is 5.48. The molecular formula is C30H31N8O3Rb. The van der Waals surface area contributed by atoms with E-state index in [0.29, 0.717) is 37.7 Å². The molecule has 2 amide bonds. The number of carbonyl (C=O) groups is 2. The predicted octanol–water partition coefficient (Wildman–Crippen LogP) is -0.274. The second kappa shape index (κ2) is 14.0. The topological polar surface area (TPSA) is 128 Å². The number of nitrogens with one attached hydrogen (secondary N) is 3. The number of rotatable bonds is 8. The third-order valence-corrected chi connectivity index (χ3v) is 7.21. The van der Waals surface area contributed by atoms with Crippen LogP contribution in [0.4, 0.5) is 17.2 Å². The van der Waals surface area contributed by atoms with Gasteiger partial charge in [-0.15, -0.1) is 6.92 Å². The predicted molar refractivity (Wildman–Crippen MR) is 157 cm³/mol. The molecule has 3 N–H and O–H groups in total. The van der Waals surface area contributed by atoms with Gasteiger partial charge < -0.3 is 34.9 Å². The molecule has 3 aromatic heterocycles. The monoisotopic (exact) mass is 636 g/mol. The number of hydrogen-bond donors (Lipinski definition) is 3. The minimum atomic E-state index is -0.144. The van der Waals surface area contributed by atoms with E-state index in [9.17, 15) is 9.59 Å². The van der Waals surface area contributed by atoms with Crippen LogP contribution in [0, 0.1) is 6.08 Å². The number of ether oxygens (including phenoxy) is 1. The van der Waals surface area contributed by atoms with E-state index < -0.39 is 0 Å². The van der Waals surface area contributed by atoms with E-state index in [2.05, 4.69) is 52.5 Å². The average Bonchev–Trinajstić information content (AvgIpc) is 3.40. The van der Waals surface area contributed by atoms with Crippen molar-refractivity contribution in [2.45, 2.75) is 19.4 Å². The molecule has 5 heterocycles. The van der Waals surface area contributed by atoms with Gasteiger partial charge in [0.05, 0.1) is 36.6 Å². The summed E-state index contributed by atoms with van der Waals surface area (Å²) in [6, 6.07) is 13.7. The number of nitrogens with zero attached hydrogens (tertiary/aromatic N) is 5. The standard InChI is InChI=1S/C30H31N8O3.Rb/c1-2-3-27(39)35-23-17-38(18-23)24-8-9-31-22(14-24)15-28(40)34-21-6-4-20(5-7-21)26-16-25-29(36-26)32-19-33-30(25)37-10-12-41-13-11-37;/h3-9,14,16,19,23H,10-13,15,17-18H2,1H3,(H,34,40)(H,35,39)(H,32,33,36);/q-1;+1. The minimum Gasteiger partial charge on any atom is -0.425 e. The fraction of sp³-hybridized carbons (Fsp3) is 0.300. The van der Waals surface area contributed by atoms with E-state index in [1.54, 1.807) is 19.4 Å². The van der Waals surface area contributed by atoms with Crippen molar-refractivity contribution >= 4 is 40.0 Å². The number of anilines is 3. The number of hydrogen-bond acceptors (Lipinski definition) is 8. The molecule has 12 heteroatoms. The zero-order chi connectivity index (χ0) is 28.2. The number of amides is 2. The van der Waals surface area contributed by atoms with Gasteiger partial charge in [-0.1, -0.05) is 12.1 Å². The van der Waals surface area contributed by atoms with Crippen LogP contribution in [0.25, 0.3) is 22.3 Å². The average molecular weight is 637 g/mol. The first-order valence-electron chi connectivity index (χ1n) is 13.6. The van der Waals surface area contributed by atoms with Gasteiger partial charge in [-0.05, 0) is 35.9 Å². The number of carbonyl (C=O) groups excluding carboxylic acids is 2. The van der Waals surface area contributed by atoms with E-state index in [-0.39, 0.29) is 82.5 Å². The summed E-state index contributed by atoms with van der Waals surface area (Å²) in [6.45, 7) is 6.09. The number of aromatic nitrogens is 4. The number of pyridine rings is 1. The van der Waals surface area contributed by atoms with Crippen LogP contribution in [-0.2, 0) is 20.7 Å². The maximum Gasteiger partial charge on any atom is 1.00 e. The van der Waals surface area contributed by atoms with Gasteiger partial charge in [0.2, 0.25) is 5.91 Å². The van der Waals surface area contributed by atoms with Crippen molar-refractivity contribution in [1.82, 2.24) is 25.3 Å². The number of fused-ring (bicyclic) bond motifs is 1. The second-order valence-electron chi connectivity index (χ2n) is 10.1. The molecule has 6 rings (SSSR count). The first-order chi connectivity index (χ1) is 20.1. The first kappa shape index (κ1) is 30.5. The van der Waals surface area contributed by atoms with Gasteiger partial charge in [-0.2, -0.15) is 6.08 Å². The Bertz CT molecular complexity index is 1580. The number of allylic oxidation sites excluding steroid dienone is 1. The Kier molecular flexibility index (Phi) is 10.2. The van der Waals surface area contributed by atoms with Crippen molar-refractivity contribution in [3.63, 3.8) is 0 Å². The molecule has 0 unspecified atom stereocenters. The van der Waals surface area contributed by atoms with E-state index in [4.69, 9.17) is 4.74 Å². The molecule has 42 heavy (non-hydrogen) atoms. The van der Waals surface area contributed by atoms with Crippen LogP contribution in [0.15, 0.2) is 61.1 Å². The third-order valence-electron chi connectivity index (χ3n) is 7.21. The molecule has 2 aliphatic heterocycles. The molecule has 2 saturated heterocycles. The summed E-state index contributed by atoms with van der Waals surface area (Å²) in [6.07, 6.45) is 7.58. The van der Waals surface area contributed by atoms with Gasteiger partial charge in [0.1, 0.15) is 17.8 Å². The maximum absolute atomic E-state index is 12.8. The third kappa shape index (κ3) is 7.15. The van der Waals surface area contributed by atoms with Crippen LogP contribution in [-0.4, -0.2) is 77.2 Å². The van der Waals surface area contributed by atoms with Gasteiger partial charge >= 0.3 is 58.2 Å². The van der Waals surface area contributed by atoms with Crippen molar-refractivity contribution < 1.29 is 72.5 Å². The Morgan fingerprint density at radius 1 is 1.07 bits per heavy atom. The minimum absolute atomic E-state index is 0. The van der Waals surface area contributed by atoms with Crippen molar-refractivity contribution in [1.29, 1.82) is 0 Å². The molecule has 2 fully saturated rings. The molecule has 0 atom stereocenters. The molecule has 11 nitrogen and oxygen atoms in total. The molecule has 4 aromatic rings. The Morgan fingerprint density at radius 3 is 2.62 bits per heavy atom. The quantitative estimate of drug-likeness (QED) is 0.178. The fourth-order valence-corrected chi connectivity index (χ4v) is 5.13. The molecule has 0 bridgehead atoms. The van der Waals surface area contributed by atoms with Crippen molar-refractivity contribution in [2.24, 2.45) is 0 Å². The van der Waals surface area contributed by atoms with Crippen LogP contribution < -0.4 is 78.6 Å². The summed E-state index contributed by atoms with van der Waals surface area (Å²) >= 11 is 0. The Balaban J connectivity index is 0.00000353. The van der Waals surface area contributed by atoms with Gasteiger partial charge in [-0.25, -0.2) is 9.97 Å². The van der Waals surface area contributed by atoms with E-state index in [1.807, 2.05) is 36.4 Å². The van der Waals surface area contributed by atoms with E-state index in [0.717, 1.165) is 46.9 Å². The molecule has 0 saturated carbocycles. The van der Waals surface area contributed by atoms with Gasteiger partial charge in [0.15, 0.2) is 0 Å². The van der Waals surface area contributed by atoms with Crippen LogP contribution in [0.2, 0.25) is 0 Å². The Hall–Kier alpha value is -2.96. The number of benzene rings is 1. The number of aromatic amines is 1. The van der Waals surface area contributed by atoms with Crippen molar-refractivity contribution in [3.05, 3.63) is 72.8 Å². The zero-order valence-electron chi connectivity index (χ0n) is 23.8. The maximum atomic E-state index is 12.8. The molecule has 1 aromatic carbocycles. The molecule has 0 spiro atoms. The fourth-order valence-electron chi connectivity index (χ4n) is 5.13. The summed E-state index contributed by atoms with van der Waals surface area (Å²) in [7, 11) is 0. The second-order valence-corrected chi connectivity index (χ2v) is 10.1. The van der Waals surface area contributed by atoms with Crippen LogP contribution in [0.5, 0.6) is 0 Å². The molecular weight excluding hydrogens is 606 g/mol. The Morgan fingerprint density at radius 2 is 1.86 bits per heavy atom. The summed E-state index contributed by atoms with van der Waals surface area (Å²) in [5.74, 6) is 0.631. The van der Waals surface area contributed by atoms with E-state index in [1.165, 1.54) is 6.08 Å². The van der Waals surface area contributed by atoms with Crippen LogP contribution in [0.3, 0.4) is 0 Å². The molecule has 2 aliphatic rings. The van der Waals surface area contributed by atoms with E-state index >= 15 is 0 Å². The molecule has 0 aliphatic carbocycles. The van der Waals surface area contributed by atoms with Crippen molar-refractivity contribution in [2.75, 3.05) is 54.5 Å². The zero-order valence-corrected chi connectivity index (χ0v) is 28.7. The number of H-pyrrole nitrogens is 1. The van der Waals surface area contributed by atoms with Gasteiger partial charge in [-0.3, -0.25) is 15.9 Å². The van der Waals surface area contributed by atoms with Gasteiger partial charge in [0, 0.05) is 55.5 Å². The summed E-state index contributed by atoms with van der Waals surface area (Å²) in [5, 5.41) is 6.87. The normalized spacial score (nSPS) is 15.4. The summed E-state index contributed by atoms with van der Waals surface area (Å²) in [5.41, 5.74) is 5.07. The largest absolute Gasteiger partial charge is 1.00 e. The van der Waals surface area contributed by atoms with Crippen LogP contribution in [0.1, 0.15) is 12.6 Å². The van der Waals surface area contributed by atoms with Gasteiger partial charge in [0.25, 0.3) is 0 Å². The molecule has 0 radical (unpaired) electrons.